The molecule has 1 aromatic heterocycles. The van der Waals surface area contributed by atoms with Crippen LogP contribution in [0.5, 0.6) is 11.5 Å². The molecule has 0 radical (unpaired) electrons. The lowest BCUT2D eigenvalue weighted by Gasteiger charge is -2.19. The Morgan fingerprint density at radius 1 is 0.968 bits per heavy atom. The molecule has 0 saturated heterocycles. The van der Waals surface area contributed by atoms with E-state index >= 15 is 0 Å². The molecule has 1 amide bonds. The number of carbonyl (C=O) groups excluding carboxylic acids is 1. The lowest BCUT2D eigenvalue weighted by atomic mass is 9.90. The zero-order valence-electron chi connectivity index (χ0n) is 17.3. The first-order valence-corrected chi connectivity index (χ1v) is 10.3. The monoisotopic (exact) mass is 434 g/mol. The highest BCUT2D eigenvalue weighted by molar-refractivity contribution is 6.31. The van der Waals surface area contributed by atoms with Crippen molar-refractivity contribution in [3.8, 4) is 11.5 Å². The minimum absolute atomic E-state index is 0.117. The van der Waals surface area contributed by atoms with E-state index in [0.29, 0.717) is 28.6 Å². The quantitative estimate of drug-likeness (QED) is 0.409. The first-order valence-electron chi connectivity index (χ1n) is 9.93. The molecule has 0 saturated carbocycles. The molecule has 0 aliphatic rings. The maximum Gasteiger partial charge on any atom is 0.251 e. The van der Waals surface area contributed by atoms with Gasteiger partial charge in [0.05, 0.1) is 14.2 Å². The van der Waals surface area contributed by atoms with Gasteiger partial charge in [-0.25, -0.2) is 0 Å². The van der Waals surface area contributed by atoms with Crippen molar-refractivity contribution in [2.24, 2.45) is 0 Å². The molecule has 4 rings (SSSR count). The summed E-state index contributed by atoms with van der Waals surface area (Å²) in [5.74, 6) is 0.771. The highest BCUT2D eigenvalue weighted by Gasteiger charge is 2.21. The Labute approximate surface area is 186 Å². The van der Waals surface area contributed by atoms with Crippen molar-refractivity contribution in [1.29, 1.82) is 0 Å². The Hall–Kier alpha value is -3.44. The van der Waals surface area contributed by atoms with Crippen molar-refractivity contribution in [1.82, 2.24) is 10.3 Å². The molecular weight excluding hydrogens is 412 g/mol. The Balaban J connectivity index is 1.65. The maximum atomic E-state index is 12.9. The van der Waals surface area contributed by atoms with Crippen molar-refractivity contribution < 1.29 is 14.3 Å². The van der Waals surface area contributed by atoms with Crippen LogP contribution < -0.4 is 14.8 Å². The van der Waals surface area contributed by atoms with Crippen LogP contribution in [0.1, 0.15) is 27.4 Å². The summed E-state index contributed by atoms with van der Waals surface area (Å²) in [5.41, 5.74) is 3.58. The molecule has 2 N–H and O–H groups in total. The Kier molecular flexibility index (Phi) is 6.14. The average molecular weight is 435 g/mol. The normalized spacial score (nSPS) is 11.8. The number of rotatable bonds is 7. The van der Waals surface area contributed by atoms with Crippen molar-refractivity contribution in [3.05, 3.63) is 94.6 Å². The summed E-state index contributed by atoms with van der Waals surface area (Å²) in [5, 5.41) is 4.83. The first kappa shape index (κ1) is 20.8. The summed E-state index contributed by atoms with van der Waals surface area (Å²) in [7, 11) is 3.11. The van der Waals surface area contributed by atoms with E-state index in [9.17, 15) is 4.79 Å². The van der Waals surface area contributed by atoms with Crippen LogP contribution in [0.25, 0.3) is 10.9 Å². The second-order valence-electron chi connectivity index (χ2n) is 7.14. The molecule has 4 aromatic rings. The van der Waals surface area contributed by atoms with E-state index in [1.807, 2.05) is 48.7 Å². The van der Waals surface area contributed by atoms with E-state index < -0.39 is 0 Å². The largest absolute Gasteiger partial charge is 0.493 e. The van der Waals surface area contributed by atoms with Crippen LogP contribution in [-0.4, -0.2) is 31.7 Å². The molecule has 0 fully saturated rings. The fourth-order valence-corrected chi connectivity index (χ4v) is 4.07. The SMILES string of the molecule is COc1ccc(C(=O)NCC(c2ccccc2Cl)c2c[nH]c3ccccc23)cc1OC. The van der Waals surface area contributed by atoms with Gasteiger partial charge in [0.2, 0.25) is 0 Å². The third-order valence-corrected chi connectivity index (χ3v) is 5.73. The summed E-state index contributed by atoms with van der Waals surface area (Å²) < 4.78 is 10.6. The van der Waals surface area contributed by atoms with Crippen molar-refractivity contribution in [2.45, 2.75) is 5.92 Å². The molecule has 3 aromatic carbocycles. The fraction of sp³-hybridized carbons (Fsp3) is 0.160. The van der Waals surface area contributed by atoms with Gasteiger partial charge in [-0.3, -0.25) is 4.79 Å². The summed E-state index contributed by atoms with van der Waals surface area (Å²) in [6, 6.07) is 20.9. The molecule has 0 bridgehead atoms. The molecule has 0 aliphatic carbocycles. The van der Waals surface area contributed by atoms with Gasteiger partial charge in [0.15, 0.2) is 11.5 Å². The van der Waals surface area contributed by atoms with Crippen LogP contribution in [0.2, 0.25) is 5.02 Å². The number of methoxy groups -OCH3 is 2. The summed E-state index contributed by atoms with van der Waals surface area (Å²) >= 11 is 6.54. The Bertz CT molecular complexity index is 1220. The van der Waals surface area contributed by atoms with E-state index in [2.05, 4.69) is 16.4 Å². The Morgan fingerprint density at radius 3 is 2.48 bits per heavy atom. The number of nitrogens with one attached hydrogen (secondary N) is 2. The van der Waals surface area contributed by atoms with Crippen LogP contribution in [-0.2, 0) is 0 Å². The van der Waals surface area contributed by atoms with Gasteiger partial charge in [0, 0.05) is 40.1 Å². The van der Waals surface area contributed by atoms with Crippen LogP contribution in [0, 0.1) is 0 Å². The molecule has 6 heteroatoms. The number of hydrogen-bond donors (Lipinski definition) is 2. The summed E-state index contributed by atoms with van der Waals surface area (Å²) in [4.78, 5) is 16.2. The molecule has 1 unspecified atom stereocenters. The van der Waals surface area contributed by atoms with E-state index in [1.165, 1.54) is 0 Å². The van der Waals surface area contributed by atoms with Crippen molar-refractivity contribution in [2.75, 3.05) is 20.8 Å². The van der Waals surface area contributed by atoms with E-state index in [-0.39, 0.29) is 11.8 Å². The predicted molar refractivity (Wildman–Crippen MR) is 123 cm³/mol. The van der Waals surface area contributed by atoms with Crippen molar-refractivity contribution >= 4 is 28.4 Å². The van der Waals surface area contributed by atoms with Crippen LogP contribution >= 0.6 is 11.6 Å². The van der Waals surface area contributed by atoms with Gasteiger partial charge in [0.1, 0.15) is 0 Å². The maximum absolute atomic E-state index is 12.9. The summed E-state index contributed by atoms with van der Waals surface area (Å²) in [6.45, 7) is 0.388. The molecule has 1 atom stereocenters. The second kappa shape index (κ2) is 9.14. The van der Waals surface area contributed by atoms with Crippen molar-refractivity contribution in [3.63, 3.8) is 0 Å². The number of halogens is 1. The smallest absolute Gasteiger partial charge is 0.251 e. The van der Waals surface area contributed by atoms with Gasteiger partial charge in [-0.1, -0.05) is 48.0 Å². The molecule has 158 valence electrons. The number of fused-ring (bicyclic) bond motifs is 1. The molecule has 5 nitrogen and oxygen atoms in total. The zero-order valence-corrected chi connectivity index (χ0v) is 18.1. The van der Waals surface area contributed by atoms with E-state index in [0.717, 1.165) is 22.0 Å². The van der Waals surface area contributed by atoms with Crippen LogP contribution in [0.15, 0.2) is 72.9 Å². The van der Waals surface area contributed by atoms with Gasteiger partial charge in [-0.15, -0.1) is 0 Å². The van der Waals surface area contributed by atoms with Gasteiger partial charge in [0.25, 0.3) is 5.91 Å². The predicted octanol–water partition coefficient (Wildman–Crippen LogP) is 5.40. The number of H-pyrrole nitrogens is 1. The fourth-order valence-electron chi connectivity index (χ4n) is 3.80. The van der Waals surface area contributed by atoms with Gasteiger partial charge < -0.3 is 19.8 Å². The third-order valence-electron chi connectivity index (χ3n) is 5.39. The van der Waals surface area contributed by atoms with Crippen LogP contribution in [0.4, 0.5) is 0 Å². The summed E-state index contributed by atoms with van der Waals surface area (Å²) in [6.07, 6.45) is 1.99. The minimum atomic E-state index is -0.196. The Morgan fingerprint density at radius 2 is 1.71 bits per heavy atom. The topological polar surface area (TPSA) is 63.3 Å². The average Bonchev–Trinajstić information content (AvgIpc) is 3.23. The molecule has 1 heterocycles. The number of ether oxygens (including phenoxy) is 2. The number of para-hydroxylation sites is 1. The lowest BCUT2D eigenvalue weighted by Crippen LogP contribution is -2.29. The molecule has 0 spiro atoms. The van der Waals surface area contributed by atoms with E-state index in [4.69, 9.17) is 21.1 Å². The number of hydrogen-bond acceptors (Lipinski definition) is 3. The molecular formula is C25H23ClN2O3. The number of amides is 1. The number of carbonyl (C=O) groups is 1. The first-order chi connectivity index (χ1) is 15.1. The lowest BCUT2D eigenvalue weighted by molar-refractivity contribution is 0.0952. The van der Waals surface area contributed by atoms with Gasteiger partial charge >= 0.3 is 0 Å². The number of aromatic nitrogens is 1. The highest BCUT2D eigenvalue weighted by Crippen LogP contribution is 2.34. The van der Waals surface area contributed by atoms with Crippen LogP contribution in [0.3, 0.4) is 0 Å². The molecule has 31 heavy (non-hydrogen) atoms. The molecule has 0 aliphatic heterocycles. The van der Waals surface area contributed by atoms with Gasteiger partial charge in [-0.05, 0) is 41.5 Å². The highest BCUT2D eigenvalue weighted by atomic mass is 35.5. The standard InChI is InChI=1S/C25H23ClN2O3/c1-30-23-12-11-16(13-24(23)31-2)25(29)28-15-19(17-7-3-5-9-21(17)26)20-14-27-22-10-6-4-8-18(20)22/h3-14,19,27H,15H2,1-2H3,(H,28,29). The number of aromatic amines is 1. The number of benzene rings is 3. The second-order valence-corrected chi connectivity index (χ2v) is 7.55. The third kappa shape index (κ3) is 4.23. The van der Waals surface area contributed by atoms with Gasteiger partial charge in [-0.2, -0.15) is 0 Å². The minimum Gasteiger partial charge on any atom is -0.493 e. The zero-order chi connectivity index (χ0) is 21.8. The van der Waals surface area contributed by atoms with E-state index in [1.54, 1.807) is 32.4 Å².